The van der Waals surface area contributed by atoms with Crippen LogP contribution in [-0.4, -0.2) is 355 Å². The van der Waals surface area contributed by atoms with Gasteiger partial charge in [-0.1, -0.05) is 6.92 Å². The number of nitrogens with zero attached hydrogens (tertiary/aromatic N) is 10. The molecule has 0 heterocycles. The van der Waals surface area contributed by atoms with Crippen LogP contribution in [0.15, 0.2) is 212 Å². The summed E-state index contributed by atoms with van der Waals surface area (Å²) in [7, 11) is 37.0. The van der Waals surface area contributed by atoms with Gasteiger partial charge in [0, 0.05) is 278 Å². The van der Waals surface area contributed by atoms with Gasteiger partial charge >= 0.3 is 23.9 Å². The number of carbonyl (C=O) groups is 10. The van der Waals surface area contributed by atoms with E-state index in [2.05, 4.69) is 0 Å². The lowest BCUT2D eigenvalue weighted by atomic mass is 9.88. The first-order valence-corrected chi connectivity index (χ1v) is 49.1. The number of aliphatic hydroxyl groups is 5. The Balaban J connectivity index is 0.000000361. The number of hydrogen-bond donors (Lipinski definition) is 5. The molecule has 0 amide bonds. The largest absolute Gasteiger partial charge is 0.459 e. The van der Waals surface area contributed by atoms with Crippen LogP contribution in [-0.2, 0) is 47.4 Å². The van der Waals surface area contributed by atoms with Crippen molar-refractivity contribution in [2.45, 2.75) is 56.9 Å². The van der Waals surface area contributed by atoms with E-state index in [-0.39, 0.29) is 132 Å². The number of Topliss-reactive ketones (excluding diaryl/α,β-unsaturated/α-hetero) is 1. The summed E-state index contributed by atoms with van der Waals surface area (Å²) in [5.41, 5.74) is 9.88. The minimum Gasteiger partial charge on any atom is -0.459 e. The van der Waals surface area contributed by atoms with Crippen LogP contribution in [0.5, 0.6) is 0 Å². The number of aliphatic hydroxyl groups excluding tert-OH is 5. The molecule has 0 bridgehead atoms. The molecule has 0 aliphatic heterocycles. The van der Waals surface area contributed by atoms with E-state index in [1.165, 1.54) is 0 Å². The molecular weight excluding hydrogens is 1920 g/mol. The van der Waals surface area contributed by atoms with Gasteiger partial charge in [0.1, 0.15) is 57.5 Å². The fourth-order valence-corrected chi connectivity index (χ4v) is 15.2. The molecule has 0 fully saturated rings. The van der Waals surface area contributed by atoms with Gasteiger partial charge in [0.25, 0.3) is 0 Å². The number of benzene rings is 10. The van der Waals surface area contributed by atoms with Crippen LogP contribution in [0.25, 0.3) is 0 Å². The second-order valence-corrected chi connectivity index (χ2v) is 38.4. The topological polar surface area (TPSA) is 397 Å². The van der Waals surface area contributed by atoms with Crippen LogP contribution < -0.4 is 49.0 Å². The number of hydrogen-bond acceptors (Lipinski definition) is 35. The Kier molecular flexibility index (Phi) is 45.6. The first-order valence-electron chi connectivity index (χ1n) is 49.1. The van der Waals surface area contributed by atoms with Crippen molar-refractivity contribution in [3.05, 3.63) is 296 Å². The molecule has 10 rings (SSSR count). The van der Waals surface area contributed by atoms with Crippen molar-refractivity contribution >= 4 is 115 Å². The predicted molar refractivity (Wildman–Crippen MR) is 582 cm³/mol. The lowest BCUT2D eigenvalue weighted by molar-refractivity contribution is -0.152. The maximum atomic E-state index is 13.9. The van der Waals surface area contributed by atoms with E-state index in [1.54, 1.807) is 233 Å². The Morgan fingerprint density at radius 3 is 0.647 bits per heavy atom. The number of ketones is 6. The smallest absolute Gasteiger partial charge is 0.339 e. The third-order valence-corrected chi connectivity index (χ3v) is 24.6. The molecule has 0 aromatic heterocycles. The number of carbonyl (C=O) groups excluding carboxylic acids is 10. The molecule has 0 aliphatic carbocycles. The number of unbranched alkanes of at least 4 members (excludes halogenated alkanes) is 1. The monoisotopic (exact) mass is 2070 g/mol. The first kappa shape index (κ1) is 119. The van der Waals surface area contributed by atoms with Crippen molar-refractivity contribution in [1.29, 1.82) is 0 Å². The van der Waals surface area contributed by atoms with Gasteiger partial charge in [0.15, 0.2) is 41.0 Å². The minimum absolute atomic E-state index is 0.00322. The highest BCUT2D eigenvalue weighted by atomic mass is 16.6. The predicted octanol–water partition coefficient (Wildman–Crippen LogP) is 12.1. The molecule has 10 aromatic rings. The number of rotatable bonds is 58. The molecule has 0 saturated heterocycles. The summed E-state index contributed by atoms with van der Waals surface area (Å²) in [5, 5.41) is 54.3. The van der Waals surface area contributed by atoms with Crippen molar-refractivity contribution in [2.24, 2.45) is 5.41 Å². The van der Waals surface area contributed by atoms with Gasteiger partial charge in [-0.25, -0.2) is 19.2 Å². The fraction of sp³-hybridized carbons (Fsp3) is 0.391. The van der Waals surface area contributed by atoms with Crippen LogP contribution in [0.4, 0.5) is 56.9 Å². The van der Waals surface area contributed by atoms with Gasteiger partial charge in [-0.15, -0.1) is 0 Å². The zero-order valence-electron chi connectivity index (χ0n) is 89.7. The van der Waals surface area contributed by atoms with Gasteiger partial charge in [-0.2, -0.15) is 0 Å². The molecule has 5 unspecified atom stereocenters. The SMILES string of the molecule is CCC(COCC(O)COC(=O)c1cc(N(C)C)ccc1C(=O)c1ccc(N(C)C)cc1)(COCC(O)COC(=O)c1cc(N(C)C)ccc1C(=O)c1ccc(N(C)C)cc1)COCC(O)OCC(=O)c1cc(N(C)C)ccc1C(=O)c1ccc(N(C)C)cc1.CN(C)c1ccc(C(=O)c2ccc(N(C)C)cc2C(=O)OCC(O)COCCCCOCC(O)COC(=O)c2cc(N(C)C)ccc2C(=O)c2ccc(N(C)C)cc2)cc1. The highest BCUT2D eigenvalue weighted by Crippen LogP contribution is 2.33. The first-order chi connectivity index (χ1) is 71.3. The fourth-order valence-electron chi connectivity index (χ4n) is 15.2. The molecule has 35 heteroatoms. The Bertz CT molecular complexity index is 5670. The highest BCUT2D eigenvalue weighted by molar-refractivity contribution is 6.19. The zero-order chi connectivity index (χ0) is 110. The van der Waals surface area contributed by atoms with Gasteiger partial charge < -0.3 is 122 Å². The summed E-state index contributed by atoms with van der Waals surface area (Å²) in [6.45, 7) is -1.55. The summed E-state index contributed by atoms with van der Waals surface area (Å²) < 4.78 is 56.9. The second-order valence-electron chi connectivity index (χ2n) is 38.4. The Morgan fingerprint density at radius 2 is 0.433 bits per heavy atom. The Labute approximate surface area is 878 Å². The molecular formula is C115H144N10O25. The summed E-state index contributed by atoms with van der Waals surface area (Å²) >= 11 is 0. The molecule has 35 nitrogen and oxygen atoms in total. The molecule has 0 aliphatic rings. The third kappa shape index (κ3) is 34.6. The molecule has 0 spiro atoms. The minimum atomic E-state index is -1.62. The molecule has 0 radical (unpaired) electrons. The van der Waals surface area contributed by atoms with Crippen LogP contribution in [0.3, 0.4) is 0 Å². The quantitative estimate of drug-likeness (QED) is 0.00777. The average molecular weight is 2070 g/mol. The lowest BCUT2D eigenvalue weighted by Crippen LogP contribution is -2.40. The van der Waals surface area contributed by atoms with Crippen molar-refractivity contribution in [2.75, 3.05) is 289 Å². The normalized spacial score (nSPS) is 12.5. The summed E-state index contributed by atoms with van der Waals surface area (Å²) in [5.74, 6) is -5.52. The van der Waals surface area contributed by atoms with Crippen LogP contribution in [0.2, 0.25) is 0 Å². The van der Waals surface area contributed by atoms with Gasteiger partial charge in [-0.05, 0) is 232 Å². The molecule has 5 atom stereocenters. The van der Waals surface area contributed by atoms with E-state index in [0.29, 0.717) is 88.7 Å². The average Bonchev–Trinajstić information content (AvgIpc) is 0.816. The van der Waals surface area contributed by atoms with E-state index in [0.717, 1.165) is 28.4 Å². The lowest BCUT2D eigenvalue weighted by Gasteiger charge is -2.33. The van der Waals surface area contributed by atoms with E-state index in [1.807, 2.05) is 176 Å². The van der Waals surface area contributed by atoms with E-state index >= 15 is 0 Å². The third-order valence-electron chi connectivity index (χ3n) is 24.6. The highest BCUT2D eigenvalue weighted by Gasteiger charge is 2.34. The zero-order valence-corrected chi connectivity index (χ0v) is 89.7. The molecule has 5 N–H and O–H groups in total. The van der Waals surface area contributed by atoms with Crippen LogP contribution in [0.1, 0.15) is 158 Å². The number of esters is 4. The number of ether oxygens (including phenoxy) is 10. The number of anilines is 10. The Hall–Kier alpha value is -14.3. The maximum absolute atomic E-state index is 13.9. The molecule has 150 heavy (non-hydrogen) atoms. The van der Waals surface area contributed by atoms with Crippen LogP contribution in [0, 0.1) is 5.41 Å². The molecule has 0 saturated carbocycles. The van der Waals surface area contributed by atoms with Crippen molar-refractivity contribution in [3.8, 4) is 0 Å². The standard InChI is InChI=1S/C69H86N6O15.C46H58N4O10/c1-14-69(42-85-36-54(76)38-89-67(83)60-34-52(74(10)11)28-31-57(60)65(81)46-17-23-49(24-18-46)71(4)5,43-86-37-55(77)39-90-68(84)61-35-53(75(12)13)29-32-58(61)66(82)47-19-25-50(26-20-47)72(6)7)44-87-41-63(79)88-40-62(78)59-33-51(73(8)9)27-30-56(59)64(80)45-15-21-48(22-16-45)70(2)3;1-47(2)33-15-11-31(12-16-33)43(53)39-21-19-35(49(5)6)25-41(39)45(55)59-29-37(51)27-57-23-9-10-24-58-28-38(52)30-60-46(56)42-26-36(50(7)8)20-22-40(42)44(54)32-13-17-34(18-14-32)48(3)4/h15-35,54-55,63,76-77,79H,14,36-44H2,1-13H3;11-22,25-26,37-38,51-52H,9-10,23-24,27-30H2,1-8H3. The Morgan fingerprint density at radius 1 is 0.240 bits per heavy atom. The van der Waals surface area contributed by atoms with Crippen molar-refractivity contribution < 1.29 is 121 Å². The van der Waals surface area contributed by atoms with Gasteiger partial charge in [0.05, 0.1) is 75.1 Å². The summed E-state index contributed by atoms with van der Waals surface area (Å²) in [4.78, 5) is 155. The van der Waals surface area contributed by atoms with E-state index in [4.69, 9.17) is 47.4 Å². The summed E-state index contributed by atoms with van der Waals surface area (Å²) in [6.07, 6.45) is -5.01. The maximum Gasteiger partial charge on any atom is 0.339 e. The van der Waals surface area contributed by atoms with Crippen LogP contribution >= 0.6 is 0 Å². The molecule has 804 valence electrons. The summed E-state index contributed by atoms with van der Waals surface area (Å²) in [6, 6.07) is 59.6. The second kappa shape index (κ2) is 57.4. The van der Waals surface area contributed by atoms with E-state index in [9.17, 15) is 73.5 Å². The van der Waals surface area contributed by atoms with Gasteiger partial charge in [0.2, 0.25) is 0 Å². The van der Waals surface area contributed by atoms with Crippen molar-refractivity contribution in [1.82, 2.24) is 0 Å². The molecule has 10 aromatic carbocycles. The van der Waals surface area contributed by atoms with E-state index < -0.39 is 104 Å². The van der Waals surface area contributed by atoms with Crippen molar-refractivity contribution in [3.63, 3.8) is 0 Å². The van der Waals surface area contributed by atoms with Gasteiger partial charge in [-0.3, -0.25) is 28.8 Å².